The number of hydrogen-bond acceptors (Lipinski definition) is 5. The third-order valence-corrected chi connectivity index (χ3v) is 10.6. The summed E-state index contributed by atoms with van der Waals surface area (Å²) in [5.41, 5.74) is 0. The molecule has 6 heteroatoms. The van der Waals surface area contributed by atoms with Crippen LogP contribution in [0.1, 0.15) is 182 Å². The number of carbonyl (C=O) groups excluding carboxylic acids is 2. The fourth-order valence-corrected chi connectivity index (χ4v) is 8.05. The molecule has 5 nitrogen and oxygen atoms in total. The van der Waals surface area contributed by atoms with Crippen molar-refractivity contribution >= 4 is 33.1 Å². The molecule has 0 atom stereocenters. The molecule has 0 aromatic heterocycles. The van der Waals surface area contributed by atoms with Gasteiger partial charge < -0.3 is 24.5 Å². The van der Waals surface area contributed by atoms with Gasteiger partial charge in [0.1, 0.15) is 0 Å². The molecule has 238 valence electrons. The Kier molecular flexibility index (Phi) is 47.6. The van der Waals surface area contributed by atoms with Crippen LogP contribution in [0.15, 0.2) is 0 Å². The zero-order valence-electron chi connectivity index (χ0n) is 27.3. The zero-order valence-corrected chi connectivity index (χ0v) is 30.2. The summed E-state index contributed by atoms with van der Waals surface area (Å²) < 4.78 is 7.75. The van der Waals surface area contributed by atoms with E-state index in [1.54, 1.807) is 8.87 Å². The molecular formula is C34H68O5Sn. The Balaban J connectivity index is -0.000000495. The number of hydrogen-bond donors (Lipinski definition) is 0. The SMILES string of the molecule is C1CO1.CCCCCCCCCCCC(=O)[O-].CCCCCCCCCCCC(=O)[O-].CCC[CH2][Sn+2][CH2]CCC. The molecule has 1 rings (SSSR count). The molecule has 0 saturated carbocycles. The predicted molar refractivity (Wildman–Crippen MR) is 170 cm³/mol. The first-order valence-corrected chi connectivity index (χ1v) is 21.2. The van der Waals surface area contributed by atoms with Crippen molar-refractivity contribution in [3.05, 3.63) is 0 Å². The van der Waals surface area contributed by atoms with Crippen LogP contribution in [0.2, 0.25) is 8.87 Å². The van der Waals surface area contributed by atoms with Gasteiger partial charge >= 0.3 is 69.5 Å². The van der Waals surface area contributed by atoms with E-state index in [2.05, 4.69) is 32.4 Å². The van der Waals surface area contributed by atoms with E-state index in [1.165, 1.54) is 116 Å². The molecule has 1 saturated heterocycles. The molecular weight excluding hydrogens is 607 g/mol. The molecule has 1 fully saturated rings. The molecule has 0 aliphatic carbocycles. The standard InChI is InChI=1S/2C12H24O2.2C4H9.C2H4O.Sn/c2*1-2-3-4-5-6-7-8-9-10-11-12(13)14;2*1-3-4-2;1-2-3-1;/h2*2-11H2,1H3,(H,13,14);2*1,3-4H2,2H3;1-2H2;/q;;;;;+2/p-2. The van der Waals surface area contributed by atoms with Crippen molar-refractivity contribution in [3.63, 3.8) is 0 Å². The molecule has 0 aromatic rings. The number of carbonyl (C=O) groups is 2. The van der Waals surface area contributed by atoms with Gasteiger partial charge in [-0.1, -0.05) is 117 Å². The third-order valence-electron chi connectivity index (χ3n) is 6.59. The summed E-state index contributed by atoms with van der Waals surface area (Å²) in [4.78, 5) is 20.2. The van der Waals surface area contributed by atoms with E-state index < -0.39 is 11.9 Å². The Morgan fingerprint density at radius 2 is 0.725 bits per heavy atom. The van der Waals surface area contributed by atoms with E-state index in [0.717, 1.165) is 38.9 Å². The van der Waals surface area contributed by atoms with Crippen LogP contribution in [0, 0.1) is 0 Å². The van der Waals surface area contributed by atoms with Crippen molar-refractivity contribution < 1.29 is 24.5 Å². The van der Waals surface area contributed by atoms with Crippen molar-refractivity contribution in [1.29, 1.82) is 0 Å². The molecule has 0 bridgehead atoms. The summed E-state index contributed by atoms with van der Waals surface area (Å²) in [7, 11) is 0. The van der Waals surface area contributed by atoms with Crippen molar-refractivity contribution in [2.24, 2.45) is 0 Å². The Morgan fingerprint density at radius 1 is 0.475 bits per heavy atom. The fraction of sp³-hybridized carbons (Fsp3) is 0.941. The number of ether oxygens (including phenoxy) is 1. The number of rotatable bonds is 26. The molecule has 0 spiro atoms. The molecule has 0 amide bonds. The van der Waals surface area contributed by atoms with Gasteiger partial charge in [-0.3, -0.25) is 0 Å². The number of carboxylic acids is 2. The number of epoxide rings is 1. The normalized spacial score (nSPS) is 11.1. The molecule has 1 aliphatic heterocycles. The Labute approximate surface area is 260 Å². The van der Waals surface area contributed by atoms with Gasteiger partial charge in [0.05, 0.1) is 13.2 Å². The zero-order chi connectivity index (χ0) is 30.4. The van der Waals surface area contributed by atoms with Gasteiger partial charge in [-0.2, -0.15) is 0 Å². The van der Waals surface area contributed by atoms with Gasteiger partial charge in [-0.25, -0.2) is 0 Å². The molecule has 1 aliphatic rings. The second-order valence-corrected chi connectivity index (χ2v) is 15.3. The summed E-state index contributed by atoms with van der Waals surface area (Å²) in [6, 6.07) is 0. The predicted octanol–water partition coefficient (Wildman–Crippen LogP) is 8.46. The van der Waals surface area contributed by atoms with Crippen LogP contribution in [0.4, 0.5) is 0 Å². The minimum atomic E-state index is -0.909. The first-order valence-electron chi connectivity index (χ1n) is 17.1. The van der Waals surface area contributed by atoms with Gasteiger partial charge in [0.2, 0.25) is 0 Å². The van der Waals surface area contributed by atoms with Gasteiger partial charge in [-0.05, 0) is 25.7 Å². The average molecular weight is 676 g/mol. The van der Waals surface area contributed by atoms with Crippen LogP contribution in [0.25, 0.3) is 0 Å². The maximum atomic E-state index is 10.1. The van der Waals surface area contributed by atoms with E-state index in [4.69, 9.17) is 0 Å². The van der Waals surface area contributed by atoms with Crippen molar-refractivity contribution in [3.8, 4) is 0 Å². The van der Waals surface area contributed by atoms with Crippen molar-refractivity contribution in [2.75, 3.05) is 13.2 Å². The van der Waals surface area contributed by atoms with E-state index in [9.17, 15) is 19.8 Å². The monoisotopic (exact) mass is 676 g/mol. The Morgan fingerprint density at radius 3 is 0.950 bits per heavy atom. The minimum absolute atomic E-state index is 0.149. The summed E-state index contributed by atoms with van der Waals surface area (Å²) in [5, 5.41) is 20.2. The number of aliphatic carboxylic acids is 2. The molecule has 0 aromatic carbocycles. The molecule has 0 unspecified atom stereocenters. The van der Waals surface area contributed by atoms with Crippen molar-refractivity contribution in [2.45, 2.75) is 191 Å². The van der Waals surface area contributed by atoms with Crippen LogP contribution < -0.4 is 10.2 Å². The van der Waals surface area contributed by atoms with E-state index >= 15 is 0 Å². The van der Waals surface area contributed by atoms with Crippen LogP contribution in [-0.2, 0) is 14.3 Å². The van der Waals surface area contributed by atoms with Gasteiger partial charge in [0, 0.05) is 11.9 Å². The maximum absolute atomic E-state index is 10.1. The van der Waals surface area contributed by atoms with Crippen LogP contribution in [0.5, 0.6) is 0 Å². The topological polar surface area (TPSA) is 92.8 Å². The first-order chi connectivity index (χ1) is 19.5. The second-order valence-electron chi connectivity index (χ2n) is 11.0. The molecule has 1 heterocycles. The van der Waals surface area contributed by atoms with Crippen LogP contribution in [0.3, 0.4) is 0 Å². The first kappa shape index (κ1) is 44.1. The Hall–Kier alpha value is -0.301. The fourth-order valence-electron chi connectivity index (χ4n) is 3.89. The van der Waals surface area contributed by atoms with Crippen molar-refractivity contribution in [1.82, 2.24) is 0 Å². The van der Waals surface area contributed by atoms with E-state index in [-0.39, 0.29) is 34.0 Å². The molecule has 0 N–H and O–H groups in total. The summed E-state index contributed by atoms with van der Waals surface area (Å²) in [6.07, 6.45) is 28.2. The van der Waals surface area contributed by atoms with E-state index in [0.29, 0.717) is 0 Å². The van der Waals surface area contributed by atoms with Gasteiger partial charge in [0.15, 0.2) is 0 Å². The molecule has 0 radical (unpaired) electrons. The summed E-state index contributed by atoms with van der Waals surface area (Å²) in [6.45, 7) is 11.0. The number of carboxylic acid groups (broad SMARTS) is 2. The van der Waals surface area contributed by atoms with Crippen LogP contribution >= 0.6 is 0 Å². The summed E-state index contributed by atoms with van der Waals surface area (Å²) >= 11 is 0.149. The number of unbranched alkanes of at least 4 members (excludes halogenated alkanes) is 18. The average Bonchev–Trinajstić information content (AvgIpc) is 3.82. The van der Waals surface area contributed by atoms with Crippen LogP contribution in [-0.4, -0.2) is 46.3 Å². The quantitative estimate of drug-likeness (QED) is 0.0521. The van der Waals surface area contributed by atoms with E-state index in [1.807, 2.05) is 0 Å². The third kappa shape index (κ3) is 61.6. The Bertz CT molecular complexity index is 430. The molecule has 40 heavy (non-hydrogen) atoms. The van der Waals surface area contributed by atoms with Gasteiger partial charge in [-0.15, -0.1) is 0 Å². The second kappa shape index (κ2) is 43.2. The summed E-state index contributed by atoms with van der Waals surface area (Å²) in [5.74, 6) is -1.82. The van der Waals surface area contributed by atoms with Gasteiger partial charge in [0.25, 0.3) is 0 Å².